The van der Waals surface area contributed by atoms with E-state index in [4.69, 9.17) is 0 Å². The van der Waals surface area contributed by atoms with Crippen molar-refractivity contribution in [1.29, 1.82) is 0 Å². The number of carbonyl (C=O) groups is 2. The molecule has 0 spiro atoms. The monoisotopic (exact) mass is 366 g/mol. The molecule has 0 saturated heterocycles. The lowest BCUT2D eigenvalue weighted by atomic mass is 10.2. The second-order valence-corrected chi connectivity index (χ2v) is 5.87. The highest BCUT2D eigenvalue weighted by molar-refractivity contribution is 5.94. The summed E-state index contributed by atoms with van der Waals surface area (Å²) in [5, 5.41) is 4.91. The Morgan fingerprint density at radius 3 is 2.31 bits per heavy atom. The number of carbonyl (C=O) groups excluding carboxylic acids is 2. The molecule has 1 unspecified atom stereocenters. The highest BCUT2D eigenvalue weighted by Gasteiger charge is 2.25. The van der Waals surface area contributed by atoms with Crippen LogP contribution in [0.1, 0.15) is 6.92 Å². The number of likely N-dealkylation sites (N-methyl/N-ethyl adjacent to an activating group) is 1. The van der Waals surface area contributed by atoms with Crippen LogP contribution in [0.15, 0.2) is 42.5 Å². The molecule has 0 aliphatic heterocycles. The number of hydrogen-bond donors (Lipinski definition) is 3. The molecule has 0 heterocycles. The topological polar surface area (TPSA) is 62.6 Å². The van der Waals surface area contributed by atoms with Crippen LogP contribution in [-0.2, 0) is 9.59 Å². The maximum atomic E-state index is 13.6. The van der Waals surface area contributed by atoms with Gasteiger partial charge in [0.1, 0.15) is 0 Å². The Kier molecular flexibility index (Phi) is 6.35. The van der Waals surface area contributed by atoms with Crippen LogP contribution in [0.2, 0.25) is 0 Å². The van der Waals surface area contributed by atoms with Gasteiger partial charge >= 0.3 is 0 Å². The fraction of sp³-hybridized carbons (Fsp3) is 0.222. The Hall–Kier alpha value is -2.87. The average Bonchev–Trinajstić information content (AvgIpc) is 2.62. The van der Waals surface area contributed by atoms with Crippen LogP contribution < -0.4 is 15.5 Å². The number of anilines is 2. The van der Waals surface area contributed by atoms with Crippen molar-refractivity contribution in [3.05, 3.63) is 59.9 Å². The fourth-order valence-electron chi connectivity index (χ4n) is 2.22. The van der Waals surface area contributed by atoms with Crippen LogP contribution in [0.25, 0.3) is 0 Å². The third kappa shape index (κ3) is 4.82. The van der Waals surface area contributed by atoms with Gasteiger partial charge in [-0.05, 0) is 31.2 Å². The Morgan fingerprint density at radius 1 is 1.00 bits per heavy atom. The zero-order valence-corrected chi connectivity index (χ0v) is 14.3. The Bertz CT molecular complexity index is 800. The molecule has 2 rings (SSSR count). The van der Waals surface area contributed by atoms with Crippen molar-refractivity contribution in [3.63, 3.8) is 0 Å². The summed E-state index contributed by atoms with van der Waals surface area (Å²) >= 11 is 0. The largest absolute Gasteiger partial charge is 0.321 e. The standard InChI is InChI=1S/C18H18F3N3O2/c1-11(18(26)22-12-6-4-3-5-7-12)24(2)10-15(25)23-14-9-8-13(19)16(20)17(14)21/h3-9,11H,10H2,1-2H3,(H,22,26)(H,23,25)/p+1/t11-/m0/s1. The second kappa shape index (κ2) is 8.48. The molecule has 0 aliphatic rings. The van der Waals surface area contributed by atoms with E-state index in [0.29, 0.717) is 10.6 Å². The third-order valence-corrected chi connectivity index (χ3v) is 3.92. The number of halogens is 3. The Balaban J connectivity index is 1.93. The number of quaternary nitrogens is 1. The summed E-state index contributed by atoms with van der Waals surface area (Å²) in [6.07, 6.45) is 0. The van der Waals surface area contributed by atoms with E-state index >= 15 is 0 Å². The molecule has 2 amide bonds. The third-order valence-electron chi connectivity index (χ3n) is 3.92. The van der Waals surface area contributed by atoms with Gasteiger partial charge in [-0.3, -0.25) is 9.59 Å². The number of benzene rings is 2. The maximum absolute atomic E-state index is 13.6. The van der Waals surface area contributed by atoms with Crippen LogP contribution in [-0.4, -0.2) is 31.4 Å². The summed E-state index contributed by atoms with van der Waals surface area (Å²) in [6, 6.07) is 9.93. The number of para-hydroxylation sites is 1. The van der Waals surface area contributed by atoms with Crippen molar-refractivity contribution >= 4 is 23.2 Å². The molecule has 5 nitrogen and oxygen atoms in total. The first-order valence-corrected chi connectivity index (χ1v) is 7.91. The van der Waals surface area contributed by atoms with Crippen molar-refractivity contribution in [1.82, 2.24) is 0 Å². The van der Waals surface area contributed by atoms with Gasteiger partial charge in [0.2, 0.25) is 0 Å². The number of amides is 2. The Labute approximate surface area is 148 Å². The lowest BCUT2D eigenvalue weighted by Crippen LogP contribution is -3.14. The molecule has 0 aromatic heterocycles. The molecule has 0 fully saturated rings. The van der Waals surface area contributed by atoms with Gasteiger partial charge in [0.15, 0.2) is 30.0 Å². The zero-order chi connectivity index (χ0) is 19.3. The van der Waals surface area contributed by atoms with Crippen molar-refractivity contribution in [2.24, 2.45) is 0 Å². The fourth-order valence-corrected chi connectivity index (χ4v) is 2.22. The summed E-state index contributed by atoms with van der Waals surface area (Å²) < 4.78 is 39.7. The van der Waals surface area contributed by atoms with Crippen LogP contribution in [0.4, 0.5) is 24.5 Å². The van der Waals surface area contributed by atoms with Gasteiger partial charge < -0.3 is 15.5 Å². The highest BCUT2D eigenvalue weighted by Crippen LogP contribution is 2.19. The normalized spacial score (nSPS) is 13.0. The molecule has 3 N–H and O–H groups in total. The summed E-state index contributed by atoms with van der Waals surface area (Å²) in [4.78, 5) is 24.8. The molecule has 0 bridgehead atoms. The van der Waals surface area contributed by atoms with Crippen LogP contribution in [0, 0.1) is 17.5 Å². The molecular weight excluding hydrogens is 347 g/mol. The van der Waals surface area contributed by atoms with Crippen molar-refractivity contribution in [2.75, 3.05) is 24.2 Å². The first-order valence-electron chi connectivity index (χ1n) is 7.91. The lowest BCUT2D eigenvalue weighted by molar-refractivity contribution is -0.885. The van der Waals surface area contributed by atoms with Gasteiger partial charge in [0, 0.05) is 5.69 Å². The van der Waals surface area contributed by atoms with Crippen LogP contribution in [0.5, 0.6) is 0 Å². The second-order valence-electron chi connectivity index (χ2n) is 5.87. The van der Waals surface area contributed by atoms with E-state index < -0.39 is 35.1 Å². The van der Waals surface area contributed by atoms with E-state index in [-0.39, 0.29) is 12.5 Å². The van der Waals surface area contributed by atoms with Gasteiger partial charge in [-0.2, -0.15) is 0 Å². The van der Waals surface area contributed by atoms with Gasteiger partial charge in [-0.15, -0.1) is 0 Å². The van der Waals surface area contributed by atoms with E-state index in [1.807, 2.05) is 6.07 Å². The van der Waals surface area contributed by atoms with Gasteiger partial charge in [0.05, 0.1) is 12.7 Å². The van der Waals surface area contributed by atoms with Crippen molar-refractivity contribution in [3.8, 4) is 0 Å². The summed E-state index contributed by atoms with van der Waals surface area (Å²) in [6.45, 7) is 1.47. The minimum atomic E-state index is -1.65. The lowest BCUT2D eigenvalue weighted by Gasteiger charge is -2.20. The molecule has 26 heavy (non-hydrogen) atoms. The van der Waals surface area contributed by atoms with E-state index in [9.17, 15) is 22.8 Å². The minimum Gasteiger partial charge on any atom is -0.321 e. The minimum absolute atomic E-state index is 0.165. The number of hydrogen-bond acceptors (Lipinski definition) is 2. The molecule has 2 aromatic rings. The van der Waals surface area contributed by atoms with Gasteiger partial charge in [-0.1, -0.05) is 18.2 Å². The maximum Gasteiger partial charge on any atom is 0.282 e. The molecule has 2 aromatic carbocycles. The average molecular weight is 366 g/mol. The quantitative estimate of drug-likeness (QED) is 0.680. The summed E-state index contributed by atoms with van der Waals surface area (Å²) in [7, 11) is 1.62. The summed E-state index contributed by atoms with van der Waals surface area (Å²) in [5.41, 5.74) is 0.175. The highest BCUT2D eigenvalue weighted by atomic mass is 19.2. The molecular formula is C18H19F3N3O2+. The zero-order valence-electron chi connectivity index (χ0n) is 14.3. The van der Waals surface area contributed by atoms with Crippen molar-refractivity contribution in [2.45, 2.75) is 13.0 Å². The van der Waals surface area contributed by atoms with Gasteiger partial charge in [-0.25, -0.2) is 13.2 Å². The Morgan fingerprint density at radius 2 is 1.65 bits per heavy atom. The molecule has 0 saturated carbocycles. The van der Waals surface area contributed by atoms with Crippen molar-refractivity contribution < 1.29 is 27.7 Å². The SMILES string of the molecule is C[C@@H](C(=O)Nc1ccccc1)[NH+](C)CC(=O)Nc1ccc(F)c(F)c1F. The summed E-state index contributed by atoms with van der Waals surface area (Å²) in [5.74, 6) is -5.38. The predicted octanol–water partition coefficient (Wildman–Crippen LogP) is 1.58. The molecule has 0 aliphatic carbocycles. The van der Waals surface area contributed by atoms with Crippen LogP contribution >= 0.6 is 0 Å². The number of nitrogens with one attached hydrogen (secondary N) is 3. The first-order chi connectivity index (χ1) is 12.3. The van der Waals surface area contributed by atoms with E-state index in [0.717, 1.165) is 12.1 Å². The molecule has 8 heteroatoms. The molecule has 138 valence electrons. The molecule has 0 radical (unpaired) electrons. The smallest absolute Gasteiger partial charge is 0.282 e. The van der Waals surface area contributed by atoms with E-state index in [2.05, 4.69) is 10.6 Å². The van der Waals surface area contributed by atoms with Gasteiger partial charge in [0.25, 0.3) is 11.8 Å². The van der Waals surface area contributed by atoms with E-state index in [1.54, 1.807) is 38.2 Å². The van der Waals surface area contributed by atoms with E-state index in [1.165, 1.54) is 0 Å². The first kappa shape index (κ1) is 19.5. The number of rotatable bonds is 6. The predicted molar refractivity (Wildman–Crippen MR) is 91.2 cm³/mol. The molecule has 2 atom stereocenters. The van der Waals surface area contributed by atoms with Crippen LogP contribution in [0.3, 0.4) is 0 Å².